The second-order valence-corrected chi connectivity index (χ2v) is 7.30. The molecule has 0 aromatic heterocycles. The molecule has 26 heavy (non-hydrogen) atoms. The van der Waals surface area contributed by atoms with Gasteiger partial charge in [-0.25, -0.2) is 0 Å². The van der Waals surface area contributed by atoms with E-state index in [2.05, 4.69) is 21.2 Å². The van der Waals surface area contributed by atoms with E-state index in [1.54, 1.807) is 18.2 Å². The summed E-state index contributed by atoms with van der Waals surface area (Å²) in [4.78, 5) is 24.1. The second kappa shape index (κ2) is 9.49. The summed E-state index contributed by atoms with van der Waals surface area (Å²) < 4.78 is 11.5. The van der Waals surface area contributed by atoms with Crippen molar-refractivity contribution in [3.8, 4) is 11.5 Å². The minimum absolute atomic E-state index is 0.150. The van der Waals surface area contributed by atoms with Crippen LogP contribution in [-0.4, -0.2) is 31.3 Å². The third-order valence-corrected chi connectivity index (χ3v) is 4.98. The molecule has 2 aromatic rings. The lowest BCUT2D eigenvalue weighted by Gasteiger charge is -2.12. The van der Waals surface area contributed by atoms with Gasteiger partial charge in [-0.05, 0) is 42.8 Å². The molecule has 0 aliphatic carbocycles. The summed E-state index contributed by atoms with van der Waals surface area (Å²) in [5, 5.41) is 2.80. The molecule has 8 heteroatoms. The van der Waals surface area contributed by atoms with E-state index in [0.717, 1.165) is 14.9 Å². The molecule has 0 saturated carbocycles. The van der Waals surface area contributed by atoms with Crippen LogP contribution in [0.4, 0.5) is 5.69 Å². The molecule has 0 atom stereocenters. The van der Waals surface area contributed by atoms with Crippen molar-refractivity contribution in [2.24, 2.45) is 5.73 Å². The number of primary amides is 1. The van der Waals surface area contributed by atoms with Crippen molar-refractivity contribution in [2.45, 2.75) is 11.8 Å². The molecule has 0 saturated heterocycles. The molecule has 0 heterocycles. The van der Waals surface area contributed by atoms with Crippen LogP contribution in [0.2, 0.25) is 0 Å². The van der Waals surface area contributed by atoms with E-state index in [0.29, 0.717) is 17.2 Å². The quantitative estimate of drug-likeness (QED) is 0.616. The topological polar surface area (TPSA) is 90.7 Å². The number of carbonyl (C=O) groups is 2. The number of nitrogens with one attached hydrogen (secondary N) is 1. The fraction of sp³-hybridized carbons (Fsp3) is 0.222. The van der Waals surface area contributed by atoms with Gasteiger partial charge in [0.1, 0.15) is 0 Å². The number of aryl methyl sites for hydroxylation is 1. The molecule has 0 spiro atoms. The van der Waals surface area contributed by atoms with Gasteiger partial charge in [-0.3, -0.25) is 9.59 Å². The normalized spacial score (nSPS) is 10.3. The van der Waals surface area contributed by atoms with Crippen LogP contribution in [0.3, 0.4) is 0 Å². The first kappa shape index (κ1) is 20.1. The van der Waals surface area contributed by atoms with Crippen LogP contribution in [0, 0.1) is 6.92 Å². The first-order chi connectivity index (χ1) is 12.4. The second-order valence-electron chi connectivity index (χ2n) is 5.37. The first-order valence-corrected chi connectivity index (χ1v) is 9.45. The van der Waals surface area contributed by atoms with Gasteiger partial charge in [-0.2, -0.15) is 0 Å². The Morgan fingerprint density at radius 1 is 1.19 bits per heavy atom. The molecule has 0 aliphatic rings. The van der Waals surface area contributed by atoms with Gasteiger partial charge in [-0.1, -0.05) is 15.9 Å². The van der Waals surface area contributed by atoms with Crippen LogP contribution in [0.1, 0.15) is 5.56 Å². The highest BCUT2D eigenvalue weighted by Gasteiger charge is 2.10. The van der Waals surface area contributed by atoms with Crippen LogP contribution in [0.5, 0.6) is 11.5 Å². The van der Waals surface area contributed by atoms with Crippen LogP contribution < -0.4 is 20.5 Å². The standard InChI is InChI=1S/C18H19BrN2O4S/c1-11-7-12(19)3-6-16(11)26-10-18(23)21-13-4-5-14(24-2)15(8-13)25-9-17(20)22/h3-8H,9-10H2,1-2H3,(H2,20,22)(H,21,23). The number of ether oxygens (including phenoxy) is 2. The van der Waals surface area contributed by atoms with Crippen LogP contribution in [0.25, 0.3) is 0 Å². The Bertz CT molecular complexity index is 814. The fourth-order valence-corrected chi connectivity index (χ4v) is 3.42. The number of anilines is 1. The Labute approximate surface area is 164 Å². The number of rotatable bonds is 8. The number of thioether (sulfide) groups is 1. The first-order valence-electron chi connectivity index (χ1n) is 7.67. The molecule has 0 unspecified atom stereocenters. The Hall–Kier alpha value is -2.19. The van der Waals surface area contributed by atoms with E-state index in [1.165, 1.54) is 18.9 Å². The van der Waals surface area contributed by atoms with Crippen molar-refractivity contribution >= 4 is 45.2 Å². The van der Waals surface area contributed by atoms with Gasteiger partial charge in [0.15, 0.2) is 18.1 Å². The van der Waals surface area contributed by atoms with Crippen molar-refractivity contribution < 1.29 is 19.1 Å². The maximum absolute atomic E-state index is 12.2. The number of hydrogen-bond acceptors (Lipinski definition) is 5. The Morgan fingerprint density at radius 3 is 2.62 bits per heavy atom. The lowest BCUT2D eigenvalue weighted by Crippen LogP contribution is -2.20. The summed E-state index contributed by atoms with van der Waals surface area (Å²) in [6.45, 7) is 1.73. The molecule has 0 radical (unpaired) electrons. The van der Waals surface area contributed by atoms with Gasteiger partial charge in [0.2, 0.25) is 5.91 Å². The van der Waals surface area contributed by atoms with E-state index in [4.69, 9.17) is 15.2 Å². The third kappa shape index (κ3) is 5.96. The van der Waals surface area contributed by atoms with Crippen LogP contribution in [-0.2, 0) is 9.59 Å². The Balaban J connectivity index is 1.99. The molecule has 6 nitrogen and oxygen atoms in total. The number of methoxy groups -OCH3 is 1. The lowest BCUT2D eigenvalue weighted by atomic mass is 10.2. The number of amides is 2. The summed E-state index contributed by atoms with van der Waals surface area (Å²) in [6.07, 6.45) is 0. The lowest BCUT2D eigenvalue weighted by molar-refractivity contribution is -0.120. The minimum atomic E-state index is -0.595. The van der Waals surface area contributed by atoms with Gasteiger partial charge in [0.25, 0.3) is 5.91 Å². The van der Waals surface area contributed by atoms with Gasteiger partial charge >= 0.3 is 0 Å². The molecule has 0 aliphatic heterocycles. The van der Waals surface area contributed by atoms with E-state index in [1.807, 2.05) is 25.1 Å². The monoisotopic (exact) mass is 438 g/mol. The SMILES string of the molecule is COc1ccc(NC(=O)CSc2ccc(Br)cc2C)cc1OCC(N)=O. The largest absolute Gasteiger partial charge is 0.493 e. The van der Waals surface area contributed by atoms with Gasteiger partial charge in [0, 0.05) is 21.1 Å². The highest BCUT2D eigenvalue weighted by molar-refractivity contribution is 9.10. The molecular formula is C18H19BrN2O4S. The highest BCUT2D eigenvalue weighted by Crippen LogP contribution is 2.30. The molecule has 2 amide bonds. The van der Waals surface area contributed by atoms with Crippen molar-refractivity contribution in [3.63, 3.8) is 0 Å². The molecule has 2 aromatic carbocycles. The number of hydrogen-bond donors (Lipinski definition) is 2. The van der Waals surface area contributed by atoms with E-state index in [9.17, 15) is 9.59 Å². The summed E-state index contributed by atoms with van der Waals surface area (Å²) in [5.41, 5.74) is 6.73. The van der Waals surface area contributed by atoms with Crippen molar-refractivity contribution in [2.75, 3.05) is 24.8 Å². The van der Waals surface area contributed by atoms with Crippen LogP contribution >= 0.6 is 27.7 Å². The number of nitrogens with two attached hydrogens (primary N) is 1. The van der Waals surface area contributed by atoms with Crippen molar-refractivity contribution in [3.05, 3.63) is 46.4 Å². The average molecular weight is 439 g/mol. The van der Waals surface area contributed by atoms with E-state index >= 15 is 0 Å². The summed E-state index contributed by atoms with van der Waals surface area (Å²) >= 11 is 4.88. The zero-order chi connectivity index (χ0) is 19.1. The molecule has 2 rings (SSSR count). The zero-order valence-corrected chi connectivity index (χ0v) is 16.8. The van der Waals surface area contributed by atoms with Crippen molar-refractivity contribution in [1.29, 1.82) is 0 Å². The molecule has 0 bridgehead atoms. The Morgan fingerprint density at radius 2 is 1.96 bits per heavy atom. The maximum atomic E-state index is 12.2. The smallest absolute Gasteiger partial charge is 0.255 e. The number of carbonyl (C=O) groups excluding carboxylic acids is 2. The zero-order valence-electron chi connectivity index (χ0n) is 14.4. The number of halogens is 1. The molecular weight excluding hydrogens is 420 g/mol. The molecule has 0 fully saturated rings. The Kier molecular flexibility index (Phi) is 7.35. The summed E-state index contributed by atoms with van der Waals surface area (Å²) in [7, 11) is 1.49. The maximum Gasteiger partial charge on any atom is 0.255 e. The van der Waals surface area contributed by atoms with E-state index < -0.39 is 5.91 Å². The minimum Gasteiger partial charge on any atom is -0.493 e. The molecule has 138 valence electrons. The van der Waals surface area contributed by atoms with Gasteiger partial charge in [0.05, 0.1) is 12.9 Å². The van der Waals surface area contributed by atoms with E-state index in [-0.39, 0.29) is 18.3 Å². The predicted octanol–water partition coefficient (Wildman–Crippen LogP) is 3.36. The fourth-order valence-electron chi connectivity index (χ4n) is 2.13. The highest BCUT2D eigenvalue weighted by atomic mass is 79.9. The summed E-state index contributed by atoms with van der Waals surface area (Å²) in [6, 6.07) is 10.9. The van der Waals surface area contributed by atoms with Crippen LogP contribution in [0.15, 0.2) is 45.8 Å². The summed E-state index contributed by atoms with van der Waals surface area (Å²) in [5.74, 6) is 0.308. The third-order valence-electron chi connectivity index (χ3n) is 3.31. The average Bonchev–Trinajstić information content (AvgIpc) is 2.59. The number of benzene rings is 2. The van der Waals surface area contributed by atoms with Crippen molar-refractivity contribution in [1.82, 2.24) is 0 Å². The van der Waals surface area contributed by atoms with Gasteiger partial charge < -0.3 is 20.5 Å². The van der Waals surface area contributed by atoms with Gasteiger partial charge in [-0.15, -0.1) is 11.8 Å². The predicted molar refractivity (Wildman–Crippen MR) is 106 cm³/mol. The molecule has 3 N–H and O–H groups in total.